The van der Waals surface area contributed by atoms with E-state index in [1.54, 1.807) is 29.2 Å². The number of nitrogens with one attached hydrogen (secondary N) is 2. The number of aryl methyl sites for hydroxylation is 1. The number of hydrogen-bond acceptors (Lipinski definition) is 5. The molecule has 180 valence electrons. The van der Waals surface area contributed by atoms with Crippen molar-refractivity contribution >= 4 is 17.7 Å². The summed E-state index contributed by atoms with van der Waals surface area (Å²) in [7, 11) is 0. The Morgan fingerprint density at radius 2 is 1.82 bits per heavy atom. The first-order valence-corrected chi connectivity index (χ1v) is 11.8. The standard InChI is InChI=1S/C26H31N3O5/c30-23(18-28-24(31)21-10-2-1-3-11-21)29-15-17-34-26(19-29)13-7-6-9-20-8-4-5-12-22(20)33-16-14-27-25(26)32/h1-5,8,10-12H,6-7,9,13-19H2,(H,27,32)(H,28,31). The van der Waals surface area contributed by atoms with Gasteiger partial charge in [0.05, 0.1) is 26.2 Å². The number of benzene rings is 2. The molecular weight excluding hydrogens is 434 g/mol. The van der Waals surface area contributed by atoms with E-state index in [4.69, 9.17) is 9.47 Å². The number of ether oxygens (including phenoxy) is 2. The third kappa shape index (κ3) is 5.75. The lowest BCUT2D eigenvalue weighted by Crippen LogP contribution is -2.62. The molecule has 0 aromatic heterocycles. The summed E-state index contributed by atoms with van der Waals surface area (Å²) in [6.45, 7) is 1.38. The molecule has 8 nitrogen and oxygen atoms in total. The van der Waals surface area contributed by atoms with Gasteiger partial charge < -0.3 is 25.0 Å². The first-order valence-electron chi connectivity index (χ1n) is 11.8. The second-order valence-electron chi connectivity index (χ2n) is 8.63. The zero-order valence-corrected chi connectivity index (χ0v) is 19.3. The molecule has 1 atom stereocenters. The second-order valence-corrected chi connectivity index (χ2v) is 8.63. The van der Waals surface area contributed by atoms with E-state index >= 15 is 0 Å². The number of carbonyl (C=O) groups is 3. The number of carbonyl (C=O) groups excluding carboxylic acids is 3. The summed E-state index contributed by atoms with van der Waals surface area (Å²) in [5, 5.41) is 5.60. The Hall–Kier alpha value is -3.39. The van der Waals surface area contributed by atoms with Crippen LogP contribution in [0, 0.1) is 0 Å². The van der Waals surface area contributed by atoms with Crippen molar-refractivity contribution in [1.82, 2.24) is 15.5 Å². The lowest BCUT2D eigenvalue weighted by Gasteiger charge is -2.41. The summed E-state index contributed by atoms with van der Waals surface area (Å²) >= 11 is 0. The molecule has 0 saturated carbocycles. The Bertz CT molecular complexity index is 1010. The van der Waals surface area contributed by atoms with Crippen LogP contribution >= 0.6 is 0 Å². The molecule has 34 heavy (non-hydrogen) atoms. The van der Waals surface area contributed by atoms with Gasteiger partial charge in [0.2, 0.25) is 5.91 Å². The molecule has 3 amide bonds. The largest absolute Gasteiger partial charge is 0.491 e. The van der Waals surface area contributed by atoms with E-state index in [1.165, 1.54) is 0 Å². The zero-order valence-electron chi connectivity index (χ0n) is 19.3. The minimum atomic E-state index is -1.10. The summed E-state index contributed by atoms with van der Waals surface area (Å²) in [5.41, 5.74) is 0.547. The van der Waals surface area contributed by atoms with Crippen LogP contribution in [0.25, 0.3) is 0 Å². The molecule has 1 saturated heterocycles. The first-order chi connectivity index (χ1) is 16.6. The Balaban J connectivity index is 1.39. The minimum Gasteiger partial charge on any atom is -0.491 e. The molecule has 1 spiro atoms. The minimum absolute atomic E-state index is 0.129. The Kier molecular flexibility index (Phi) is 7.80. The highest BCUT2D eigenvalue weighted by Crippen LogP contribution is 2.27. The van der Waals surface area contributed by atoms with Gasteiger partial charge in [0.15, 0.2) is 5.60 Å². The van der Waals surface area contributed by atoms with Crippen molar-refractivity contribution in [2.45, 2.75) is 31.3 Å². The van der Waals surface area contributed by atoms with Crippen LogP contribution in [0.5, 0.6) is 5.75 Å². The van der Waals surface area contributed by atoms with Crippen molar-refractivity contribution in [3.05, 3.63) is 65.7 Å². The molecule has 2 N–H and O–H groups in total. The Morgan fingerprint density at radius 1 is 1.03 bits per heavy atom. The van der Waals surface area contributed by atoms with Crippen LogP contribution in [-0.4, -0.2) is 67.6 Å². The van der Waals surface area contributed by atoms with Crippen LogP contribution in [0.4, 0.5) is 0 Å². The lowest BCUT2D eigenvalue weighted by molar-refractivity contribution is -0.167. The van der Waals surface area contributed by atoms with Crippen molar-refractivity contribution in [1.29, 1.82) is 0 Å². The van der Waals surface area contributed by atoms with E-state index in [0.29, 0.717) is 31.7 Å². The molecular formula is C26H31N3O5. The number of nitrogens with zero attached hydrogens (tertiary/aromatic N) is 1. The molecule has 0 aliphatic carbocycles. The molecule has 4 rings (SSSR count). The quantitative estimate of drug-likeness (QED) is 0.722. The van der Waals surface area contributed by atoms with Crippen LogP contribution < -0.4 is 15.4 Å². The van der Waals surface area contributed by atoms with Gasteiger partial charge in [-0.05, 0) is 49.4 Å². The summed E-state index contributed by atoms with van der Waals surface area (Å²) in [6.07, 6.45) is 3.01. The Labute approximate surface area is 199 Å². The lowest BCUT2D eigenvalue weighted by atomic mass is 9.91. The number of rotatable bonds is 3. The molecule has 2 aliphatic rings. The molecule has 2 aliphatic heterocycles. The van der Waals surface area contributed by atoms with E-state index in [-0.39, 0.29) is 37.4 Å². The number of amides is 3. The fourth-order valence-electron chi connectivity index (χ4n) is 4.42. The van der Waals surface area contributed by atoms with E-state index < -0.39 is 5.60 Å². The van der Waals surface area contributed by atoms with E-state index in [1.807, 2.05) is 24.3 Å². The maximum Gasteiger partial charge on any atom is 0.254 e. The van der Waals surface area contributed by atoms with E-state index in [0.717, 1.165) is 30.6 Å². The summed E-state index contributed by atoms with van der Waals surface area (Å²) in [4.78, 5) is 40.0. The first kappa shape index (κ1) is 23.8. The SMILES string of the molecule is O=C(NCC(=O)N1CCOC2(CCCCc3ccccc3OCCNC2=O)C1)c1ccccc1. The smallest absolute Gasteiger partial charge is 0.254 e. The van der Waals surface area contributed by atoms with E-state index in [2.05, 4.69) is 16.7 Å². The highest BCUT2D eigenvalue weighted by atomic mass is 16.5. The van der Waals surface area contributed by atoms with Gasteiger partial charge in [0, 0.05) is 12.1 Å². The van der Waals surface area contributed by atoms with Crippen LogP contribution in [0.3, 0.4) is 0 Å². The fourth-order valence-corrected chi connectivity index (χ4v) is 4.42. The van der Waals surface area contributed by atoms with Gasteiger partial charge in [-0.25, -0.2) is 0 Å². The van der Waals surface area contributed by atoms with Crippen LogP contribution in [0.1, 0.15) is 35.2 Å². The van der Waals surface area contributed by atoms with Gasteiger partial charge in [-0.15, -0.1) is 0 Å². The number of hydrogen-bond donors (Lipinski definition) is 2. The molecule has 0 radical (unpaired) electrons. The summed E-state index contributed by atoms with van der Waals surface area (Å²) < 4.78 is 11.9. The van der Waals surface area contributed by atoms with Crippen molar-refractivity contribution in [2.24, 2.45) is 0 Å². The second kappa shape index (κ2) is 11.2. The molecule has 1 fully saturated rings. The highest BCUT2D eigenvalue weighted by molar-refractivity contribution is 5.96. The van der Waals surface area contributed by atoms with Gasteiger partial charge in [-0.3, -0.25) is 14.4 Å². The monoisotopic (exact) mass is 465 g/mol. The zero-order chi connectivity index (χ0) is 23.8. The summed E-state index contributed by atoms with van der Waals surface area (Å²) in [5.74, 6) is 0.0927. The van der Waals surface area contributed by atoms with Gasteiger partial charge in [0.25, 0.3) is 11.8 Å². The van der Waals surface area contributed by atoms with Gasteiger partial charge >= 0.3 is 0 Å². The third-order valence-electron chi connectivity index (χ3n) is 6.28. The van der Waals surface area contributed by atoms with Crippen LogP contribution in [0.15, 0.2) is 54.6 Å². The van der Waals surface area contributed by atoms with Gasteiger partial charge in [-0.1, -0.05) is 36.4 Å². The predicted octanol–water partition coefficient (Wildman–Crippen LogP) is 1.94. The van der Waals surface area contributed by atoms with Crippen molar-refractivity contribution in [3.8, 4) is 5.75 Å². The number of morpholine rings is 1. The maximum atomic E-state index is 13.2. The molecule has 1 unspecified atom stereocenters. The van der Waals surface area contributed by atoms with Crippen molar-refractivity contribution in [3.63, 3.8) is 0 Å². The van der Waals surface area contributed by atoms with E-state index in [9.17, 15) is 14.4 Å². The fraction of sp³-hybridized carbons (Fsp3) is 0.423. The number of para-hydroxylation sites is 1. The normalized spacial score (nSPS) is 21.3. The van der Waals surface area contributed by atoms with Gasteiger partial charge in [-0.2, -0.15) is 0 Å². The highest BCUT2D eigenvalue weighted by Gasteiger charge is 2.44. The molecule has 2 aromatic carbocycles. The predicted molar refractivity (Wildman–Crippen MR) is 127 cm³/mol. The van der Waals surface area contributed by atoms with Gasteiger partial charge in [0.1, 0.15) is 12.4 Å². The molecule has 0 bridgehead atoms. The Morgan fingerprint density at radius 3 is 2.68 bits per heavy atom. The maximum absolute atomic E-state index is 13.2. The molecule has 2 aromatic rings. The molecule has 8 heteroatoms. The van der Waals surface area contributed by atoms with Crippen molar-refractivity contribution in [2.75, 3.05) is 39.4 Å². The van der Waals surface area contributed by atoms with Crippen LogP contribution in [-0.2, 0) is 20.7 Å². The average molecular weight is 466 g/mol. The topological polar surface area (TPSA) is 97.0 Å². The third-order valence-corrected chi connectivity index (χ3v) is 6.28. The molecule has 2 heterocycles. The number of fused-ring (bicyclic) bond motifs is 1. The van der Waals surface area contributed by atoms with Crippen LogP contribution in [0.2, 0.25) is 0 Å². The van der Waals surface area contributed by atoms with Crippen molar-refractivity contribution < 1.29 is 23.9 Å². The average Bonchev–Trinajstić information content (AvgIpc) is 2.88. The summed E-state index contributed by atoms with van der Waals surface area (Å²) in [6, 6.07) is 16.7.